The molecule has 0 aromatic rings. The van der Waals surface area contributed by atoms with Crippen LogP contribution in [0.1, 0.15) is 27.2 Å². The van der Waals surface area contributed by atoms with Crippen LogP contribution in [0.3, 0.4) is 0 Å². The second-order valence-electron chi connectivity index (χ2n) is 5.58. The number of carbonyl (C=O) groups is 2. The average Bonchev–Trinajstić information content (AvgIpc) is 2.73. The predicted octanol–water partition coefficient (Wildman–Crippen LogP) is 3.80. The standard InChI is InChI=1S/C16H25NO3S/c1-7-12(2)20-16(19)17(4)15(13(3)18)11-14-9-8-10-21(14,5)6/h7-10,15H,11H2,1-6H3/b12-7-/t15-/m1/s1. The van der Waals surface area contributed by atoms with Crippen molar-refractivity contribution in [1.82, 2.24) is 4.90 Å². The van der Waals surface area contributed by atoms with Gasteiger partial charge in [-0.25, -0.2) is 14.8 Å². The molecule has 5 heteroatoms. The number of nitrogens with zero attached hydrogens (tertiary/aromatic N) is 1. The molecule has 0 bridgehead atoms. The van der Waals surface area contributed by atoms with Gasteiger partial charge in [0.05, 0.1) is 6.04 Å². The summed E-state index contributed by atoms with van der Waals surface area (Å²) in [4.78, 5) is 26.6. The molecule has 0 unspecified atom stereocenters. The van der Waals surface area contributed by atoms with E-state index in [0.717, 1.165) is 0 Å². The molecule has 0 aliphatic carbocycles. The Morgan fingerprint density at radius 2 is 2.00 bits per heavy atom. The van der Waals surface area contributed by atoms with Crippen LogP contribution in [0.4, 0.5) is 4.79 Å². The Balaban J connectivity index is 2.83. The zero-order chi connectivity index (χ0) is 16.2. The molecule has 1 rings (SSSR count). The second-order valence-corrected chi connectivity index (χ2v) is 9.18. The molecular formula is C16H25NO3S. The van der Waals surface area contributed by atoms with Crippen molar-refractivity contribution >= 4 is 21.9 Å². The van der Waals surface area contributed by atoms with Crippen LogP contribution in [0.25, 0.3) is 0 Å². The lowest BCUT2D eigenvalue weighted by Crippen LogP contribution is -2.42. The van der Waals surface area contributed by atoms with Crippen LogP contribution in [-0.2, 0) is 9.53 Å². The van der Waals surface area contributed by atoms with Gasteiger partial charge in [-0.1, -0.05) is 12.2 Å². The summed E-state index contributed by atoms with van der Waals surface area (Å²) in [6, 6.07) is -0.486. The van der Waals surface area contributed by atoms with Gasteiger partial charge in [0.15, 0.2) is 5.78 Å². The van der Waals surface area contributed by atoms with E-state index >= 15 is 0 Å². The molecule has 1 heterocycles. The number of likely N-dealkylation sites (N-methyl/N-ethyl adjacent to an activating group) is 1. The summed E-state index contributed by atoms with van der Waals surface area (Å²) in [5, 5.41) is 2.18. The first-order valence-electron chi connectivity index (χ1n) is 6.87. The minimum atomic E-state index is -0.964. The lowest BCUT2D eigenvalue weighted by atomic mass is 10.1. The minimum absolute atomic E-state index is 0.0319. The van der Waals surface area contributed by atoms with Gasteiger partial charge in [0.1, 0.15) is 5.76 Å². The normalized spacial score (nSPS) is 19.7. The van der Waals surface area contributed by atoms with Gasteiger partial charge in [0.25, 0.3) is 0 Å². The highest BCUT2D eigenvalue weighted by Crippen LogP contribution is 2.55. The van der Waals surface area contributed by atoms with E-state index in [-0.39, 0.29) is 5.78 Å². The van der Waals surface area contributed by atoms with Gasteiger partial charge in [0, 0.05) is 13.5 Å². The fraction of sp³-hybridized carbons (Fsp3) is 0.500. The van der Waals surface area contributed by atoms with Crippen molar-refractivity contribution in [3.8, 4) is 0 Å². The van der Waals surface area contributed by atoms with E-state index in [1.165, 1.54) is 16.7 Å². The monoisotopic (exact) mass is 311 g/mol. The molecular weight excluding hydrogens is 286 g/mol. The summed E-state index contributed by atoms with van der Waals surface area (Å²) in [6.07, 6.45) is 10.2. The van der Waals surface area contributed by atoms with E-state index in [1.54, 1.807) is 27.0 Å². The van der Waals surface area contributed by atoms with Gasteiger partial charge in [-0.15, -0.1) is 0 Å². The Morgan fingerprint density at radius 1 is 1.38 bits per heavy atom. The molecule has 118 valence electrons. The highest BCUT2D eigenvalue weighted by molar-refractivity contribution is 8.38. The van der Waals surface area contributed by atoms with Crippen molar-refractivity contribution in [2.45, 2.75) is 33.2 Å². The quantitative estimate of drug-likeness (QED) is 0.725. The van der Waals surface area contributed by atoms with E-state index in [1.807, 2.05) is 6.08 Å². The Kier molecular flexibility index (Phi) is 5.84. The van der Waals surface area contributed by atoms with Crippen molar-refractivity contribution in [2.24, 2.45) is 0 Å². The number of ketones is 1. The smallest absolute Gasteiger partial charge is 0.415 e. The summed E-state index contributed by atoms with van der Waals surface area (Å²) in [5.74, 6) is 0.498. The number of hydrogen-bond donors (Lipinski definition) is 0. The van der Waals surface area contributed by atoms with Gasteiger partial charge in [-0.3, -0.25) is 4.79 Å². The molecule has 21 heavy (non-hydrogen) atoms. The summed E-state index contributed by atoms with van der Waals surface area (Å²) in [5.41, 5.74) is 0. The molecule has 4 nitrogen and oxygen atoms in total. The van der Waals surface area contributed by atoms with Crippen LogP contribution in [0.2, 0.25) is 0 Å². The number of allylic oxidation sites excluding steroid dienone is 4. The van der Waals surface area contributed by atoms with Gasteiger partial charge in [-0.05, 0) is 49.7 Å². The average molecular weight is 311 g/mol. The Morgan fingerprint density at radius 3 is 2.43 bits per heavy atom. The molecule has 1 amide bonds. The first-order valence-corrected chi connectivity index (χ1v) is 9.39. The lowest BCUT2D eigenvalue weighted by molar-refractivity contribution is -0.121. The minimum Gasteiger partial charge on any atom is -0.415 e. The van der Waals surface area contributed by atoms with Crippen LogP contribution in [0.15, 0.2) is 34.3 Å². The fourth-order valence-corrected chi connectivity index (χ4v) is 3.69. The number of amides is 1. The van der Waals surface area contributed by atoms with Crippen molar-refractivity contribution in [3.05, 3.63) is 34.3 Å². The van der Waals surface area contributed by atoms with E-state index in [9.17, 15) is 9.59 Å². The zero-order valence-corrected chi connectivity index (χ0v) is 14.5. The lowest BCUT2D eigenvalue weighted by Gasteiger charge is -2.32. The summed E-state index contributed by atoms with van der Waals surface area (Å²) in [7, 11) is 0.649. The zero-order valence-electron chi connectivity index (χ0n) is 13.7. The molecule has 0 saturated carbocycles. The third-order valence-corrected chi connectivity index (χ3v) is 6.14. The number of Topliss-reactive ketones (excluding diaryl/α,β-unsaturated/α-hetero) is 1. The number of ether oxygens (including phenoxy) is 1. The Hall–Kier alpha value is -1.49. The predicted molar refractivity (Wildman–Crippen MR) is 89.4 cm³/mol. The maximum Gasteiger partial charge on any atom is 0.415 e. The highest BCUT2D eigenvalue weighted by atomic mass is 32.3. The highest BCUT2D eigenvalue weighted by Gasteiger charge is 2.30. The molecule has 0 fully saturated rings. The largest absolute Gasteiger partial charge is 0.415 e. The van der Waals surface area contributed by atoms with Crippen LogP contribution >= 0.6 is 10.0 Å². The SMILES string of the molecule is C/C=C(/C)OC(=O)N(C)[C@H](CC1=CC=CS1(C)C)C(C)=O. The topological polar surface area (TPSA) is 46.6 Å². The molecule has 0 aromatic carbocycles. The van der Waals surface area contributed by atoms with Gasteiger partial charge >= 0.3 is 6.09 Å². The molecule has 0 spiro atoms. The van der Waals surface area contributed by atoms with Gasteiger partial charge in [0.2, 0.25) is 0 Å². The molecule has 0 aromatic heterocycles. The van der Waals surface area contributed by atoms with Crippen LogP contribution in [0, 0.1) is 0 Å². The molecule has 1 aliphatic heterocycles. The first kappa shape index (κ1) is 17.6. The van der Waals surface area contributed by atoms with Crippen LogP contribution < -0.4 is 0 Å². The van der Waals surface area contributed by atoms with Crippen molar-refractivity contribution in [3.63, 3.8) is 0 Å². The van der Waals surface area contributed by atoms with Gasteiger partial charge < -0.3 is 9.64 Å². The summed E-state index contributed by atoms with van der Waals surface area (Å²) >= 11 is 0. The molecule has 1 atom stereocenters. The molecule has 0 saturated heterocycles. The van der Waals surface area contributed by atoms with E-state index in [4.69, 9.17) is 4.74 Å². The van der Waals surface area contributed by atoms with E-state index in [0.29, 0.717) is 12.2 Å². The first-order chi connectivity index (χ1) is 9.69. The molecule has 0 radical (unpaired) electrons. The number of rotatable bonds is 5. The van der Waals surface area contributed by atoms with Crippen molar-refractivity contribution < 1.29 is 14.3 Å². The maximum absolute atomic E-state index is 12.1. The third kappa shape index (κ3) is 4.49. The second kappa shape index (κ2) is 6.98. The Bertz CT molecular complexity index is 518. The number of carbonyl (C=O) groups excluding carboxylic acids is 2. The van der Waals surface area contributed by atoms with Gasteiger partial charge in [-0.2, -0.15) is 0 Å². The number of hydrogen-bond acceptors (Lipinski definition) is 3. The summed E-state index contributed by atoms with van der Waals surface area (Å²) < 4.78 is 5.18. The van der Waals surface area contributed by atoms with Crippen molar-refractivity contribution in [2.75, 3.05) is 19.6 Å². The fourth-order valence-electron chi connectivity index (χ4n) is 2.03. The summed E-state index contributed by atoms with van der Waals surface area (Å²) in [6.45, 7) is 5.03. The Labute approximate surface area is 128 Å². The molecule has 0 N–H and O–H groups in total. The van der Waals surface area contributed by atoms with Crippen LogP contribution in [-0.4, -0.2) is 42.4 Å². The maximum atomic E-state index is 12.1. The van der Waals surface area contributed by atoms with Crippen LogP contribution in [0.5, 0.6) is 0 Å². The third-order valence-electron chi connectivity index (χ3n) is 3.65. The van der Waals surface area contributed by atoms with Crippen molar-refractivity contribution in [1.29, 1.82) is 0 Å². The van der Waals surface area contributed by atoms with E-state index in [2.05, 4.69) is 24.0 Å². The molecule has 1 aliphatic rings. The van der Waals surface area contributed by atoms with E-state index < -0.39 is 22.2 Å².